The fraction of sp³-hybridized carbons (Fsp3) is 0.429. The third-order valence-electron chi connectivity index (χ3n) is 1.80. The van der Waals surface area contributed by atoms with Crippen LogP contribution in [0.3, 0.4) is 0 Å². The van der Waals surface area contributed by atoms with Crippen LogP contribution in [-0.2, 0) is 18.0 Å². The Bertz CT molecular complexity index is 298. The molecule has 0 aromatic carbocycles. The third-order valence-corrected chi connectivity index (χ3v) is 1.80. The topological polar surface area (TPSA) is 61.0 Å². The van der Waals surface area contributed by atoms with Gasteiger partial charge >= 0.3 is 0 Å². The van der Waals surface area contributed by atoms with Gasteiger partial charge in [0.05, 0.1) is 18.9 Å². The normalized spacial score (nSPS) is 15.0. The van der Waals surface area contributed by atoms with Gasteiger partial charge in [-0.05, 0) is 6.92 Å². The van der Waals surface area contributed by atoms with Crippen LogP contribution in [-0.4, -0.2) is 9.97 Å². The van der Waals surface area contributed by atoms with Crippen LogP contribution in [0.4, 0.5) is 5.95 Å². The molecule has 0 bridgehead atoms. The number of anilines is 1. The van der Waals surface area contributed by atoms with Gasteiger partial charge in [-0.1, -0.05) is 0 Å². The van der Waals surface area contributed by atoms with E-state index in [2.05, 4.69) is 9.97 Å². The second kappa shape index (κ2) is 2.17. The maximum absolute atomic E-state index is 5.45. The van der Waals surface area contributed by atoms with E-state index in [0.29, 0.717) is 19.2 Å². The first-order valence-electron chi connectivity index (χ1n) is 3.47. The summed E-state index contributed by atoms with van der Waals surface area (Å²) in [7, 11) is 0. The summed E-state index contributed by atoms with van der Waals surface area (Å²) in [5, 5.41) is 0. The number of hydrogen-bond donors (Lipinski definition) is 1. The molecule has 0 unspecified atom stereocenters. The highest BCUT2D eigenvalue weighted by Crippen LogP contribution is 2.20. The van der Waals surface area contributed by atoms with Gasteiger partial charge in [0, 0.05) is 11.3 Å². The van der Waals surface area contributed by atoms with Gasteiger partial charge in [-0.2, -0.15) is 0 Å². The smallest absolute Gasteiger partial charge is 0.220 e. The summed E-state index contributed by atoms with van der Waals surface area (Å²) in [6, 6.07) is 0. The minimum Gasteiger partial charge on any atom is -0.370 e. The number of rotatable bonds is 0. The van der Waals surface area contributed by atoms with E-state index in [1.54, 1.807) is 0 Å². The van der Waals surface area contributed by atoms with Crippen molar-refractivity contribution < 1.29 is 4.74 Å². The third kappa shape index (κ3) is 0.952. The summed E-state index contributed by atoms with van der Waals surface area (Å²) in [6.45, 7) is 3.12. The lowest BCUT2D eigenvalue weighted by molar-refractivity contribution is 0.133. The molecule has 0 saturated heterocycles. The zero-order valence-corrected chi connectivity index (χ0v) is 6.29. The molecule has 0 spiro atoms. The molecular weight excluding hydrogens is 142 g/mol. The van der Waals surface area contributed by atoms with Crippen molar-refractivity contribution in [2.45, 2.75) is 20.1 Å². The van der Waals surface area contributed by atoms with Gasteiger partial charge in [-0.15, -0.1) is 0 Å². The van der Waals surface area contributed by atoms with Crippen molar-refractivity contribution in [1.82, 2.24) is 9.97 Å². The van der Waals surface area contributed by atoms with E-state index < -0.39 is 0 Å². The summed E-state index contributed by atoms with van der Waals surface area (Å²) in [4.78, 5) is 8.09. The van der Waals surface area contributed by atoms with Crippen molar-refractivity contribution in [2.75, 3.05) is 5.73 Å². The number of ether oxygens (including phenoxy) is 1. The van der Waals surface area contributed by atoms with Crippen molar-refractivity contribution in [3.05, 3.63) is 17.0 Å². The molecule has 0 fully saturated rings. The van der Waals surface area contributed by atoms with Gasteiger partial charge in [-0.3, -0.25) is 0 Å². The Morgan fingerprint density at radius 2 is 2.18 bits per heavy atom. The van der Waals surface area contributed by atoms with Crippen LogP contribution >= 0.6 is 0 Å². The minimum absolute atomic E-state index is 0.340. The van der Waals surface area contributed by atoms with Crippen molar-refractivity contribution in [1.29, 1.82) is 0 Å². The number of aryl methyl sites for hydroxylation is 1. The lowest BCUT2D eigenvalue weighted by Gasteiger charge is -2.00. The van der Waals surface area contributed by atoms with Crippen LogP contribution in [0.25, 0.3) is 0 Å². The molecule has 1 aromatic rings. The fourth-order valence-corrected chi connectivity index (χ4v) is 1.24. The number of fused-ring (bicyclic) bond motifs is 1. The Morgan fingerprint density at radius 3 is 3.00 bits per heavy atom. The van der Waals surface area contributed by atoms with Gasteiger partial charge in [0.1, 0.15) is 0 Å². The van der Waals surface area contributed by atoms with Crippen LogP contribution in [0.1, 0.15) is 17.0 Å². The number of hydrogen-bond acceptors (Lipinski definition) is 4. The van der Waals surface area contributed by atoms with E-state index in [1.807, 2.05) is 6.92 Å². The van der Waals surface area contributed by atoms with Crippen LogP contribution in [0.2, 0.25) is 0 Å². The molecule has 0 saturated carbocycles. The number of nitrogens with two attached hydrogens (primary N) is 1. The van der Waals surface area contributed by atoms with Crippen molar-refractivity contribution in [2.24, 2.45) is 0 Å². The Balaban J connectivity index is 2.60. The molecule has 1 aliphatic rings. The second-order valence-electron chi connectivity index (χ2n) is 2.59. The van der Waals surface area contributed by atoms with Crippen molar-refractivity contribution in [3.8, 4) is 0 Å². The highest BCUT2D eigenvalue weighted by atomic mass is 16.5. The molecule has 0 amide bonds. The average Bonchev–Trinajstić information content (AvgIpc) is 2.34. The van der Waals surface area contributed by atoms with E-state index in [4.69, 9.17) is 10.5 Å². The van der Waals surface area contributed by atoms with Crippen LogP contribution in [0, 0.1) is 6.92 Å². The number of aromatic nitrogens is 2. The highest BCUT2D eigenvalue weighted by molar-refractivity contribution is 5.31. The summed E-state index contributed by atoms with van der Waals surface area (Å²) in [6.07, 6.45) is 0. The lowest BCUT2D eigenvalue weighted by Crippen LogP contribution is -2.02. The standard InChI is InChI=1S/C7H9N3O/c1-4-5-2-11-3-6(5)10-7(8)9-4/h2-3H2,1H3,(H2,8,9,10). The molecule has 2 rings (SSSR count). The van der Waals surface area contributed by atoms with E-state index in [9.17, 15) is 0 Å². The van der Waals surface area contributed by atoms with Crippen molar-refractivity contribution in [3.63, 3.8) is 0 Å². The maximum atomic E-state index is 5.45. The SMILES string of the molecule is Cc1nc(N)nc2c1COC2. The second-order valence-corrected chi connectivity index (χ2v) is 2.59. The fourth-order valence-electron chi connectivity index (χ4n) is 1.24. The number of nitrogens with zero attached hydrogens (tertiary/aromatic N) is 2. The summed E-state index contributed by atoms with van der Waals surface area (Å²) in [5.41, 5.74) is 8.43. The zero-order valence-electron chi connectivity index (χ0n) is 6.29. The minimum atomic E-state index is 0.340. The molecule has 4 nitrogen and oxygen atoms in total. The Morgan fingerprint density at radius 1 is 1.36 bits per heavy atom. The molecule has 0 radical (unpaired) electrons. The molecule has 11 heavy (non-hydrogen) atoms. The molecule has 1 aliphatic heterocycles. The van der Waals surface area contributed by atoms with Crippen LogP contribution < -0.4 is 5.73 Å². The first kappa shape index (κ1) is 6.54. The summed E-state index contributed by atoms with van der Waals surface area (Å²) < 4.78 is 5.19. The first-order valence-corrected chi connectivity index (χ1v) is 3.47. The molecule has 4 heteroatoms. The predicted molar refractivity (Wildman–Crippen MR) is 39.7 cm³/mol. The Hall–Kier alpha value is -1.16. The van der Waals surface area contributed by atoms with Crippen LogP contribution in [0.5, 0.6) is 0 Å². The summed E-state index contributed by atoms with van der Waals surface area (Å²) >= 11 is 0. The molecule has 0 atom stereocenters. The Kier molecular flexibility index (Phi) is 1.29. The summed E-state index contributed by atoms with van der Waals surface area (Å²) in [5.74, 6) is 0.340. The zero-order chi connectivity index (χ0) is 7.84. The van der Waals surface area contributed by atoms with E-state index in [1.165, 1.54) is 0 Å². The molecule has 1 aromatic heterocycles. The van der Waals surface area contributed by atoms with Gasteiger partial charge < -0.3 is 10.5 Å². The lowest BCUT2D eigenvalue weighted by atomic mass is 10.2. The van der Waals surface area contributed by atoms with Gasteiger partial charge in [0.25, 0.3) is 0 Å². The highest BCUT2D eigenvalue weighted by Gasteiger charge is 2.16. The van der Waals surface area contributed by atoms with Crippen molar-refractivity contribution >= 4 is 5.95 Å². The predicted octanol–water partition coefficient (Wildman–Crippen LogP) is 0.397. The molecular formula is C7H9N3O. The quantitative estimate of drug-likeness (QED) is 0.583. The largest absolute Gasteiger partial charge is 0.370 e. The van der Waals surface area contributed by atoms with Gasteiger partial charge in [0.15, 0.2) is 0 Å². The van der Waals surface area contributed by atoms with E-state index in [-0.39, 0.29) is 0 Å². The Labute approximate surface area is 64.4 Å². The number of nitrogen functional groups attached to an aromatic ring is 1. The monoisotopic (exact) mass is 151 g/mol. The molecule has 2 heterocycles. The van der Waals surface area contributed by atoms with E-state index in [0.717, 1.165) is 17.0 Å². The molecule has 0 aliphatic carbocycles. The van der Waals surface area contributed by atoms with Gasteiger partial charge in [-0.25, -0.2) is 9.97 Å². The van der Waals surface area contributed by atoms with Gasteiger partial charge in [0.2, 0.25) is 5.95 Å². The van der Waals surface area contributed by atoms with Crippen LogP contribution in [0.15, 0.2) is 0 Å². The first-order chi connectivity index (χ1) is 5.27. The average molecular weight is 151 g/mol. The molecule has 58 valence electrons. The maximum Gasteiger partial charge on any atom is 0.220 e. The van der Waals surface area contributed by atoms with E-state index >= 15 is 0 Å². The molecule has 2 N–H and O–H groups in total.